The summed E-state index contributed by atoms with van der Waals surface area (Å²) in [6.45, 7) is 5.08. The molecule has 1 amide bonds. The molecule has 1 atom stereocenters. The summed E-state index contributed by atoms with van der Waals surface area (Å²) in [5.74, 6) is 0.775. The molecule has 2 N–H and O–H groups in total. The fraction of sp³-hybridized carbons (Fsp3) is 0.400. The third kappa shape index (κ3) is 4.41. The molecule has 1 fully saturated rings. The van der Waals surface area contributed by atoms with E-state index in [0.717, 1.165) is 30.8 Å². The monoisotopic (exact) mass is 260 g/mol. The molecule has 1 saturated heterocycles. The van der Waals surface area contributed by atoms with Crippen molar-refractivity contribution in [2.24, 2.45) is 0 Å². The Balaban J connectivity index is 1.86. The van der Waals surface area contributed by atoms with Gasteiger partial charge in [0.25, 0.3) is 0 Å². The van der Waals surface area contributed by atoms with Gasteiger partial charge in [-0.2, -0.15) is 0 Å². The van der Waals surface area contributed by atoms with Gasteiger partial charge in [0.15, 0.2) is 0 Å². The summed E-state index contributed by atoms with van der Waals surface area (Å²) in [7, 11) is 0. The van der Waals surface area contributed by atoms with E-state index in [4.69, 9.17) is 4.74 Å². The maximum absolute atomic E-state index is 11.9. The van der Waals surface area contributed by atoms with E-state index in [1.807, 2.05) is 24.3 Å². The SMILES string of the molecule is C=CCOc1cccc(NC(=O)CC2CCCN2)c1. The minimum absolute atomic E-state index is 0.0419. The van der Waals surface area contributed by atoms with Crippen molar-refractivity contribution in [3.63, 3.8) is 0 Å². The van der Waals surface area contributed by atoms with E-state index < -0.39 is 0 Å². The minimum Gasteiger partial charge on any atom is -0.489 e. The van der Waals surface area contributed by atoms with Crippen LogP contribution in [0.4, 0.5) is 5.69 Å². The molecule has 19 heavy (non-hydrogen) atoms. The predicted octanol–water partition coefficient (Wildman–Crippen LogP) is 2.33. The summed E-state index contributed by atoms with van der Waals surface area (Å²) in [6, 6.07) is 7.73. The third-order valence-corrected chi connectivity index (χ3v) is 3.08. The molecule has 1 aromatic rings. The fourth-order valence-electron chi connectivity index (χ4n) is 2.19. The van der Waals surface area contributed by atoms with E-state index in [9.17, 15) is 4.79 Å². The van der Waals surface area contributed by atoms with E-state index in [0.29, 0.717) is 19.1 Å². The van der Waals surface area contributed by atoms with Crippen LogP contribution < -0.4 is 15.4 Å². The van der Waals surface area contributed by atoms with Crippen molar-refractivity contribution < 1.29 is 9.53 Å². The first-order valence-electron chi connectivity index (χ1n) is 6.65. The molecule has 0 spiro atoms. The molecule has 4 nitrogen and oxygen atoms in total. The van der Waals surface area contributed by atoms with Crippen LogP contribution in [-0.2, 0) is 4.79 Å². The summed E-state index contributed by atoms with van der Waals surface area (Å²) in [4.78, 5) is 11.9. The molecular formula is C15H20N2O2. The van der Waals surface area contributed by atoms with Crippen LogP contribution in [0.15, 0.2) is 36.9 Å². The maximum atomic E-state index is 11.9. The summed E-state index contributed by atoms with van der Waals surface area (Å²) < 4.78 is 5.43. The van der Waals surface area contributed by atoms with Crippen molar-refractivity contribution in [3.8, 4) is 5.75 Å². The second-order valence-electron chi connectivity index (χ2n) is 4.67. The van der Waals surface area contributed by atoms with Crippen LogP contribution in [-0.4, -0.2) is 25.1 Å². The molecule has 0 radical (unpaired) electrons. The number of hydrogen-bond acceptors (Lipinski definition) is 3. The van der Waals surface area contributed by atoms with Crippen LogP contribution in [0.1, 0.15) is 19.3 Å². The number of benzene rings is 1. The lowest BCUT2D eigenvalue weighted by Crippen LogP contribution is -2.27. The van der Waals surface area contributed by atoms with Crippen LogP contribution >= 0.6 is 0 Å². The van der Waals surface area contributed by atoms with Crippen molar-refractivity contribution in [1.82, 2.24) is 5.32 Å². The molecule has 0 aromatic heterocycles. The lowest BCUT2D eigenvalue weighted by molar-refractivity contribution is -0.116. The van der Waals surface area contributed by atoms with Crippen LogP contribution in [0.25, 0.3) is 0 Å². The van der Waals surface area contributed by atoms with E-state index in [-0.39, 0.29) is 5.91 Å². The largest absolute Gasteiger partial charge is 0.489 e. The van der Waals surface area contributed by atoms with Crippen LogP contribution in [0, 0.1) is 0 Å². The molecular weight excluding hydrogens is 240 g/mol. The van der Waals surface area contributed by atoms with E-state index >= 15 is 0 Å². The Morgan fingerprint density at radius 1 is 1.58 bits per heavy atom. The zero-order valence-corrected chi connectivity index (χ0v) is 11.0. The van der Waals surface area contributed by atoms with Gasteiger partial charge in [0.1, 0.15) is 12.4 Å². The molecule has 0 saturated carbocycles. The number of carbonyl (C=O) groups excluding carboxylic acids is 1. The highest BCUT2D eigenvalue weighted by Crippen LogP contribution is 2.18. The number of hydrogen-bond donors (Lipinski definition) is 2. The molecule has 1 unspecified atom stereocenters. The first-order chi connectivity index (χ1) is 9.28. The lowest BCUT2D eigenvalue weighted by Gasteiger charge is -2.11. The number of ether oxygens (including phenoxy) is 1. The number of carbonyl (C=O) groups is 1. The third-order valence-electron chi connectivity index (χ3n) is 3.08. The zero-order chi connectivity index (χ0) is 13.5. The smallest absolute Gasteiger partial charge is 0.225 e. The number of anilines is 1. The Labute approximate surface area is 113 Å². The molecule has 1 aliphatic heterocycles. The summed E-state index contributed by atoms with van der Waals surface area (Å²) >= 11 is 0. The summed E-state index contributed by atoms with van der Waals surface area (Å²) in [5.41, 5.74) is 0.768. The maximum Gasteiger partial charge on any atom is 0.225 e. The molecule has 0 bridgehead atoms. The normalized spacial score (nSPS) is 18.0. The highest BCUT2D eigenvalue weighted by atomic mass is 16.5. The molecule has 0 aliphatic carbocycles. The van der Waals surface area contributed by atoms with Crippen molar-refractivity contribution >= 4 is 11.6 Å². The molecule has 1 aliphatic rings. The van der Waals surface area contributed by atoms with Crippen LogP contribution in [0.5, 0.6) is 5.75 Å². The number of rotatable bonds is 6. The summed E-state index contributed by atoms with van der Waals surface area (Å²) in [5, 5.41) is 6.22. The number of amides is 1. The highest BCUT2D eigenvalue weighted by molar-refractivity contribution is 5.91. The quantitative estimate of drug-likeness (QED) is 0.772. The fourth-order valence-corrected chi connectivity index (χ4v) is 2.19. The average molecular weight is 260 g/mol. The van der Waals surface area contributed by atoms with Crippen molar-refractivity contribution in [3.05, 3.63) is 36.9 Å². The topological polar surface area (TPSA) is 50.4 Å². The summed E-state index contributed by atoms with van der Waals surface area (Å²) in [6.07, 6.45) is 4.45. The number of nitrogens with one attached hydrogen (secondary N) is 2. The van der Waals surface area contributed by atoms with Crippen LogP contribution in [0.2, 0.25) is 0 Å². The Morgan fingerprint density at radius 2 is 2.47 bits per heavy atom. The van der Waals surface area contributed by atoms with Crippen molar-refractivity contribution in [2.45, 2.75) is 25.3 Å². The van der Waals surface area contributed by atoms with E-state index in [1.165, 1.54) is 0 Å². The van der Waals surface area contributed by atoms with Gasteiger partial charge in [0.2, 0.25) is 5.91 Å². The second-order valence-corrected chi connectivity index (χ2v) is 4.67. The van der Waals surface area contributed by atoms with Gasteiger partial charge >= 0.3 is 0 Å². The van der Waals surface area contributed by atoms with Gasteiger partial charge in [-0.05, 0) is 31.5 Å². The highest BCUT2D eigenvalue weighted by Gasteiger charge is 2.17. The van der Waals surface area contributed by atoms with Crippen molar-refractivity contribution in [2.75, 3.05) is 18.5 Å². The zero-order valence-electron chi connectivity index (χ0n) is 11.0. The van der Waals surface area contributed by atoms with E-state index in [1.54, 1.807) is 6.08 Å². The molecule has 1 aromatic carbocycles. The van der Waals surface area contributed by atoms with Gasteiger partial charge in [0, 0.05) is 24.2 Å². The van der Waals surface area contributed by atoms with Gasteiger partial charge in [-0.3, -0.25) is 4.79 Å². The first-order valence-corrected chi connectivity index (χ1v) is 6.65. The first kappa shape index (κ1) is 13.6. The molecule has 102 valence electrons. The van der Waals surface area contributed by atoms with E-state index in [2.05, 4.69) is 17.2 Å². The Morgan fingerprint density at radius 3 is 3.21 bits per heavy atom. The van der Waals surface area contributed by atoms with Crippen LogP contribution in [0.3, 0.4) is 0 Å². The average Bonchev–Trinajstić information content (AvgIpc) is 2.89. The van der Waals surface area contributed by atoms with Gasteiger partial charge in [-0.1, -0.05) is 18.7 Å². The second kappa shape index (κ2) is 6.95. The Bertz CT molecular complexity index is 440. The molecule has 4 heteroatoms. The van der Waals surface area contributed by atoms with Crippen molar-refractivity contribution in [1.29, 1.82) is 0 Å². The Hall–Kier alpha value is -1.81. The van der Waals surface area contributed by atoms with Gasteiger partial charge < -0.3 is 15.4 Å². The minimum atomic E-state index is 0.0419. The van der Waals surface area contributed by atoms with Gasteiger partial charge in [-0.25, -0.2) is 0 Å². The van der Waals surface area contributed by atoms with Gasteiger partial charge in [-0.15, -0.1) is 0 Å². The standard InChI is InChI=1S/C15H20N2O2/c1-2-9-19-14-7-3-5-13(10-14)17-15(18)11-12-6-4-8-16-12/h2-3,5,7,10,12,16H,1,4,6,8-9,11H2,(H,17,18). The predicted molar refractivity (Wildman–Crippen MR) is 76.4 cm³/mol. The van der Waals surface area contributed by atoms with Gasteiger partial charge in [0.05, 0.1) is 0 Å². The molecule has 2 rings (SSSR count). The Kier molecular flexibility index (Phi) is 4.98. The molecule has 1 heterocycles. The lowest BCUT2D eigenvalue weighted by atomic mass is 10.1.